The van der Waals surface area contributed by atoms with Gasteiger partial charge >= 0.3 is 0 Å². The minimum atomic E-state index is 0.162. The highest BCUT2D eigenvalue weighted by Gasteiger charge is 2.63. The average molecular weight is 623 g/mol. The second kappa shape index (κ2) is 19.5. The summed E-state index contributed by atoms with van der Waals surface area (Å²) >= 11 is 0. The Morgan fingerprint density at radius 2 is 1.45 bits per heavy atom. The Hall–Kier alpha value is -0.280. The molecule has 44 heavy (non-hydrogen) atoms. The average Bonchev–Trinajstić information content (AvgIpc) is 3.38. The Balaban J connectivity index is 1.90. The van der Waals surface area contributed by atoms with Gasteiger partial charge in [0.05, 0.1) is 18.3 Å². The number of fused-ring (bicyclic) bond motifs is 1. The molecule has 0 saturated heterocycles. The number of rotatable bonds is 22. The fourth-order valence-corrected chi connectivity index (χ4v) is 9.98. The van der Waals surface area contributed by atoms with Gasteiger partial charge < -0.3 is 36.7 Å². The lowest BCUT2D eigenvalue weighted by atomic mass is 9.48. The van der Waals surface area contributed by atoms with E-state index in [9.17, 15) is 0 Å². The molecule has 7 nitrogen and oxygen atoms in total. The van der Waals surface area contributed by atoms with Gasteiger partial charge in [-0.2, -0.15) is 0 Å². The van der Waals surface area contributed by atoms with E-state index in [1.165, 1.54) is 44.9 Å². The molecule has 0 heterocycles. The first-order valence-electron chi connectivity index (χ1n) is 19.0. The van der Waals surface area contributed by atoms with Crippen LogP contribution in [0.5, 0.6) is 0 Å². The zero-order chi connectivity index (χ0) is 32.0. The number of nitrogens with two attached hydrogens (primary N) is 3. The molecule has 0 radical (unpaired) electrons. The van der Waals surface area contributed by atoms with Gasteiger partial charge in [0.2, 0.25) is 0 Å². The molecule has 3 fully saturated rings. The van der Waals surface area contributed by atoms with Gasteiger partial charge in [0.25, 0.3) is 0 Å². The summed E-state index contributed by atoms with van der Waals surface area (Å²) in [7, 11) is 0. The standard InChI is InChI=1S/C37H74N4O3/c1-6-22-41-23-8-12-28(3)30-13-14-31-35(33(7-2)43-25-10-20-39)32(27-34(37(30,31)5)44-26-11-21-40)36(4)17-15-29(16-18-36)42-24-9-19-38/h28-35,41H,6-27,38-40H2,1-5H3/t28-,29?,30-,31+,32+,33-,34+,35?,36?,37?/m1/s1. The number of hydrogen-bond donors (Lipinski definition) is 4. The maximum atomic E-state index is 7.00. The van der Waals surface area contributed by atoms with E-state index in [4.69, 9.17) is 31.4 Å². The Morgan fingerprint density at radius 1 is 0.795 bits per heavy atom. The number of ether oxygens (including phenoxy) is 3. The predicted octanol–water partition coefficient (Wildman–Crippen LogP) is 6.26. The van der Waals surface area contributed by atoms with Crippen molar-refractivity contribution >= 4 is 0 Å². The predicted molar refractivity (Wildman–Crippen MR) is 185 cm³/mol. The SMILES string of the molecule is CCCNCCC[C@@H](C)[C@H]1CC[C@H]2C([C@@H](CC)OCCCN)[C@@H](C3(C)CCC(OCCCN)CC3)C[C@H](OCCCN)C12C. The van der Waals surface area contributed by atoms with Crippen LogP contribution < -0.4 is 22.5 Å². The molecule has 3 aliphatic rings. The maximum absolute atomic E-state index is 7.00. The van der Waals surface area contributed by atoms with Crippen molar-refractivity contribution in [1.29, 1.82) is 0 Å². The van der Waals surface area contributed by atoms with Gasteiger partial charge in [-0.25, -0.2) is 0 Å². The van der Waals surface area contributed by atoms with E-state index in [1.807, 2.05) is 0 Å². The molecule has 8 atom stereocenters. The summed E-state index contributed by atoms with van der Waals surface area (Å²) in [5.74, 6) is 3.14. The minimum Gasteiger partial charge on any atom is -0.378 e. The third-order valence-corrected chi connectivity index (χ3v) is 12.5. The fraction of sp³-hybridized carbons (Fsp3) is 1.00. The minimum absolute atomic E-state index is 0.162. The zero-order valence-corrected chi connectivity index (χ0v) is 29.6. The van der Waals surface area contributed by atoms with Crippen molar-refractivity contribution in [2.24, 2.45) is 57.6 Å². The number of hydrogen-bond acceptors (Lipinski definition) is 7. The van der Waals surface area contributed by atoms with Gasteiger partial charge in [-0.15, -0.1) is 0 Å². The summed E-state index contributed by atoms with van der Waals surface area (Å²) in [5, 5.41) is 3.63. The maximum Gasteiger partial charge on any atom is 0.0637 e. The van der Waals surface area contributed by atoms with Gasteiger partial charge in [-0.1, -0.05) is 34.6 Å². The number of nitrogens with one attached hydrogen (secondary N) is 1. The molecule has 0 amide bonds. The smallest absolute Gasteiger partial charge is 0.0637 e. The molecule has 2 unspecified atom stereocenters. The lowest BCUT2D eigenvalue weighted by Crippen LogP contribution is -2.59. The zero-order valence-electron chi connectivity index (χ0n) is 29.6. The van der Waals surface area contributed by atoms with Crippen LogP contribution in [0.3, 0.4) is 0 Å². The summed E-state index contributed by atoms with van der Waals surface area (Å²) in [6, 6.07) is 0. The van der Waals surface area contributed by atoms with E-state index in [0.717, 1.165) is 77.9 Å². The largest absolute Gasteiger partial charge is 0.378 e. The van der Waals surface area contributed by atoms with E-state index in [0.29, 0.717) is 55.3 Å². The van der Waals surface area contributed by atoms with E-state index < -0.39 is 0 Å². The van der Waals surface area contributed by atoms with Gasteiger partial charge in [0.15, 0.2) is 0 Å². The Kier molecular flexibility index (Phi) is 16.9. The van der Waals surface area contributed by atoms with Gasteiger partial charge in [-0.3, -0.25) is 0 Å². The summed E-state index contributed by atoms with van der Waals surface area (Å²) in [5.41, 5.74) is 18.1. The quantitative estimate of drug-likeness (QED) is 0.105. The van der Waals surface area contributed by atoms with Crippen LogP contribution in [-0.4, -0.2) is 70.9 Å². The van der Waals surface area contributed by atoms with E-state index in [1.54, 1.807) is 0 Å². The van der Waals surface area contributed by atoms with Crippen LogP contribution >= 0.6 is 0 Å². The van der Waals surface area contributed by atoms with Crippen molar-refractivity contribution in [2.75, 3.05) is 52.5 Å². The Labute approximate surface area is 272 Å². The first-order chi connectivity index (χ1) is 21.3. The lowest BCUT2D eigenvalue weighted by molar-refractivity contribution is -0.191. The third-order valence-electron chi connectivity index (χ3n) is 12.5. The molecular formula is C37H74N4O3. The van der Waals surface area contributed by atoms with Crippen molar-refractivity contribution in [3.8, 4) is 0 Å². The highest BCUT2D eigenvalue weighted by Crippen LogP contribution is 2.66. The molecule has 0 bridgehead atoms. The van der Waals surface area contributed by atoms with Crippen LogP contribution in [-0.2, 0) is 14.2 Å². The third kappa shape index (κ3) is 9.64. The monoisotopic (exact) mass is 623 g/mol. The topological polar surface area (TPSA) is 118 Å². The van der Waals surface area contributed by atoms with Crippen LogP contribution in [0.4, 0.5) is 0 Å². The molecule has 260 valence electrons. The molecule has 0 spiro atoms. The highest BCUT2D eigenvalue weighted by atomic mass is 16.5. The second-order valence-corrected chi connectivity index (χ2v) is 15.3. The van der Waals surface area contributed by atoms with Gasteiger partial charge in [0.1, 0.15) is 0 Å². The molecule has 3 rings (SSSR count). The van der Waals surface area contributed by atoms with Gasteiger partial charge in [-0.05, 0) is 158 Å². The normalized spacial score (nSPS) is 35.5. The van der Waals surface area contributed by atoms with Crippen molar-refractivity contribution in [3.05, 3.63) is 0 Å². The van der Waals surface area contributed by atoms with Crippen LogP contribution in [0.25, 0.3) is 0 Å². The van der Waals surface area contributed by atoms with Crippen molar-refractivity contribution in [3.63, 3.8) is 0 Å². The van der Waals surface area contributed by atoms with Crippen LogP contribution in [0.2, 0.25) is 0 Å². The van der Waals surface area contributed by atoms with Gasteiger partial charge in [0, 0.05) is 25.2 Å². The Morgan fingerprint density at radius 3 is 2.09 bits per heavy atom. The van der Waals surface area contributed by atoms with Crippen molar-refractivity contribution in [2.45, 2.75) is 143 Å². The molecule has 3 saturated carbocycles. The van der Waals surface area contributed by atoms with Crippen molar-refractivity contribution in [1.82, 2.24) is 5.32 Å². The van der Waals surface area contributed by atoms with E-state index in [2.05, 4.69) is 39.9 Å². The fourth-order valence-electron chi connectivity index (χ4n) is 9.98. The molecule has 7 N–H and O–H groups in total. The molecule has 0 aromatic carbocycles. The molecule has 7 heteroatoms. The van der Waals surface area contributed by atoms with Crippen molar-refractivity contribution < 1.29 is 14.2 Å². The summed E-state index contributed by atoms with van der Waals surface area (Å²) in [6.45, 7) is 19.1. The molecule has 3 aliphatic carbocycles. The highest BCUT2D eigenvalue weighted by molar-refractivity contribution is 5.12. The molecule has 0 aromatic heterocycles. The van der Waals surface area contributed by atoms with Crippen LogP contribution in [0.1, 0.15) is 125 Å². The molecule has 0 aromatic rings. The second-order valence-electron chi connectivity index (χ2n) is 15.3. The van der Waals surface area contributed by atoms with Crippen LogP contribution in [0, 0.1) is 40.4 Å². The molecule has 0 aliphatic heterocycles. The van der Waals surface area contributed by atoms with E-state index >= 15 is 0 Å². The van der Waals surface area contributed by atoms with Crippen LogP contribution in [0.15, 0.2) is 0 Å². The first-order valence-corrected chi connectivity index (χ1v) is 19.0. The first kappa shape index (κ1) is 38.2. The molecular weight excluding hydrogens is 548 g/mol. The summed E-state index contributed by atoms with van der Waals surface area (Å²) in [6.07, 6.45) is 17.1. The summed E-state index contributed by atoms with van der Waals surface area (Å²) < 4.78 is 20.1. The Bertz CT molecular complexity index is 763. The summed E-state index contributed by atoms with van der Waals surface area (Å²) in [4.78, 5) is 0. The van der Waals surface area contributed by atoms with E-state index in [-0.39, 0.29) is 23.0 Å². The lowest BCUT2D eigenvalue weighted by Gasteiger charge is -2.60.